The molecule has 1 N–H and O–H groups in total. The van der Waals surface area contributed by atoms with Gasteiger partial charge in [-0.25, -0.2) is 0 Å². The van der Waals surface area contributed by atoms with Crippen LogP contribution in [0.1, 0.15) is 37.0 Å². The molecule has 0 saturated carbocycles. The fourth-order valence-corrected chi connectivity index (χ4v) is 2.29. The lowest BCUT2D eigenvalue weighted by molar-refractivity contribution is -0.137. The molecule has 0 spiro atoms. The van der Waals surface area contributed by atoms with Crippen LogP contribution in [0.3, 0.4) is 0 Å². The Balaban J connectivity index is 2.82. The van der Waals surface area contributed by atoms with E-state index in [-0.39, 0.29) is 18.4 Å². The van der Waals surface area contributed by atoms with Crippen molar-refractivity contribution in [2.75, 3.05) is 6.54 Å². The van der Waals surface area contributed by atoms with E-state index >= 15 is 0 Å². The fourth-order valence-electron chi connectivity index (χ4n) is 1.79. The quantitative estimate of drug-likeness (QED) is 0.837. The number of aliphatic carboxylic acids is 1. The largest absolute Gasteiger partial charge is 0.481 e. The van der Waals surface area contributed by atoms with Crippen molar-refractivity contribution in [2.45, 2.75) is 32.7 Å². The van der Waals surface area contributed by atoms with Crippen LogP contribution < -0.4 is 0 Å². The number of amides is 1. The molecule has 0 aliphatic heterocycles. The Morgan fingerprint density at radius 1 is 1.40 bits per heavy atom. The minimum absolute atomic E-state index is 0.00532. The lowest BCUT2D eigenvalue weighted by atomic mass is 10.1. The van der Waals surface area contributed by atoms with Gasteiger partial charge in [-0.3, -0.25) is 9.59 Å². The van der Waals surface area contributed by atoms with Crippen molar-refractivity contribution >= 4 is 39.4 Å². The third kappa shape index (κ3) is 4.80. The summed E-state index contributed by atoms with van der Waals surface area (Å²) < 4.78 is 0.666. The van der Waals surface area contributed by atoms with Gasteiger partial charge in [-0.2, -0.15) is 0 Å². The van der Waals surface area contributed by atoms with E-state index in [4.69, 9.17) is 16.7 Å². The molecule has 0 radical (unpaired) electrons. The number of hydrogen-bond donors (Lipinski definition) is 1. The molecule has 20 heavy (non-hydrogen) atoms. The van der Waals surface area contributed by atoms with E-state index < -0.39 is 5.97 Å². The summed E-state index contributed by atoms with van der Waals surface area (Å²) in [6, 6.07) is 5.01. The van der Waals surface area contributed by atoms with Crippen molar-refractivity contribution in [1.82, 2.24) is 4.90 Å². The standard InChI is InChI=1S/C14H17BrClNO3/c1-9(2)17(7-3-4-13(18)19)14(20)10-5-6-12(16)11(15)8-10/h5-6,8-9H,3-4,7H2,1-2H3,(H,18,19). The highest BCUT2D eigenvalue weighted by Crippen LogP contribution is 2.24. The van der Waals surface area contributed by atoms with E-state index in [1.54, 1.807) is 23.1 Å². The zero-order chi connectivity index (χ0) is 15.3. The molecule has 1 aromatic rings. The van der Waals surface area contributed by atoms with Gasteiger partial charge >= 0.3 is 5.97 Å². The minimum Gasteiger partial charge on any atom is -0.481 e. The van der Waals surface area contributed by atoms with Crippen LogP contribution in [-0.2, 0) is 4.79 Å². The predicted octanol–water partition coefficient (Wildman–Crippen LogP) is 3.82. The Morgan fingerprint density at radius 3 is 2.55 bits per heavy atom. The molecule has 0 fully saturated rings. The zero-order valence-corrected chi connectivity index (χ0v) is 13.7. The van der Waals surface area contributed by atoms with Gasteiger partial charge in [0, 0.05) is 29.0 Å². The molecule has 0 aromatic heterocycles. The van der Waals surface area contributed by atoms with Crippen LogP contribution in [-0.4, -0.2) is 34.5 Å². The van der Waals surface area contributed by atoms with Crippen LogP contribution in [0, 0.1) is 0 Å². The van der Waals surface area contributed by atoms with Crippen molar-refractivity contribution in [2.24, 2.45) is 0 Å². The lowest BCUT2D eigenvalue weighted by Gasteiger charge is -2.26. The van der Waals surface area contributed by atoms with Crippen LogP contribution in [0.2, 0.25) is 5.02 Å². The van der Waals surface area contributed by atoms with Gasteiger partial charge in [0.1, 0.15) is 0 Å². The van der Waals surface area contributed by atoms with Gasteiger partial charge in [-0.05, 0) is 54.4 Å². The first kappa shape index (κ1) is 17.0. The van der Waals surface area contributed by atoms with Gasteiger partial charge < -0.3 is 10.0 Å². The molecule has 1 amide bonds. The second-order valence-corrected chi connectivity index (χ2v) is 5.98. The highest BCUT2D eigenvalue weighted by Gasteiger charge is 2.19. The van der Waals surface area contributed by atoms with E-state index in [1.807, 2.05) is 13.8 Å². The Bertz CT molecular complexity index is 505. The molecule has 1 rings (SSSR count). The van der Waals surface area contributed by atoms with Crippen LogP contribution in [0.25, 0.3) is 0 Å². The Kier molecular flexibility index (Phi) is 6.49. The highest BCUT2D eigenvalue weighted by molar-refractivity contribution is 9.10. The molecule has 0 aliphatic carbocycles. The molecular formula is C14H17BrClNO3. The summed E-state index contributed by atoms with van der Waals surface area (Å²) in [6.45, 7) is 4.23. The number of nitrogens with zero attached hydrogens (tertiary/aromatic N) is 1. The number of benzene rings is 1. The molecule has 0 unspecified atom stereocenters. The van der Waals surface area contributed by atoms with E-state index in [1.165, 1.54) is 0 Å². The number of carbonyl (C=O) groups is 2. The second-order valence-electron chi connectivity index (χ2n) is 4.72. The SMILES string of the molecule is CC(C)N(CCCC(=O)O)C(=O)c1ccc(Cl)c(Br)c1. The maximum atomic E-state index is 12.4. The maximum absolute atomic E-state index is 12.4. The summed E-state index contributed by atoms with van der Waals surface area (Å²) >= 11 is 9.20. The molecule has 110 valence electrons. The van der Waals surface area contributed by atoms with Crippen LogP contribution in [0.5, 0.6) is 0 Å². The smallest absolute Gasteiger partial charge is 0.303 e. The number of halogens is 2. The van der Waals surface area contributed by atoms with E-state index in [0.717, 1.165) is 0 Å². The average Bonchev–Trinajstić information content (AvgIpc) is 2.36. The van der Waals surface area contributed by atoms with E-state index in [0.29, 0.717) is 28.0 Å². The Morgan fingerprint density at radius 2 is 2.05 bits per heavy atom. The Labute approximate surface area is 131 Å². The van der Waals surface area contributed by atoms with Gasteiger partial charge in [-0.1, -0.05) is 11.6 Å². The minimum atomic E-state index is -0.851. The first-order chi connectivity index (χ1) is 9.32. The van der Waals surface area contributed by atoms with Crippen molar-refractivity contribution in [1.29, 1.82) is 0 Å². The topological polar surface area (TPSA) is 57.6 Å². The van der Waals surface area contributed by atoms with Gasteiger partial charge in [-0.15, -0.1) is 0 Å². The number of carboxylic acid groups (broad SMARTS) is 1. The van der Waals surface area contributed by atoms with Crippen LogP contribution >= 0.6 is 27.5 Å². The average molecular weight is 363 g/mol. The third-order valence-electron chi connectivity index (χ3n) is 2.84. The first-order valence-electron chi connectivity index (χ1n) is 6.30. The second kappa shape index (κ2) is 7.64. The third-order valence-corrected chi connectivity index (χ3v) is 4.05. The summed E-state index contributed by atoms with van der Waals surface area (Å²) in [6.07, 6.45) is 0.495. The fraction of sp³-hybridized carbons (Fsp3) is 0.429. The normalized spacial score (nSPS) is 10.7. The zero-order valence-electron chi connectivity index (χ0n) is 11.4. The number of carbonyl (C=O) groups excluding carboxylic acids is 1. The van der Waals surface area contributed by atoms with Gasteiger partial charge in [0.15, 0.2) is 0 Å². The van der Waals surface area contributed by atoms with E-state index in [2.05, 4.69) is 15.9 Å². The molecule has 0 atom stereocenters. The van der Waals surface area contributed by atoms with Crippen molar-refractivity contribution < 1.29 is 14.7 Å². The van der Waals surface area contributed by atoms with Gasteiger partial charge in [0.2, 0.25) is 0 Å². The summed E-state index contributed by atoms with van der Waals surface area (Å²) in [4.78, 5) is 24.7. The first-order valence-corrected chi connectivity index (χ1v) is 7.48. The molecule has 0 bridgehead atoms. The highest BCUT2D eigenvalue weighted by atomic mass is 79.9. The molecular weight excluding hydrogens is 346 g/mol. The molecule has 1 aromatic carbocycles. The summed E-state index contributed by atoms with van der Waals surface area (Å²) in [7, 11) is 0. The summed E-state index contributed by atoms with van der Waals surface area (Å²) in [5.74, 6) is -0.974. The predicted molar refractivity (Wildman–Crippen MR) is 82.2 cm³/mol. The van der Waals surface area contributed by atoms with Crippen molar-refractivity contribution in [3.05, 3.63) is 33.3 Å². The van der Waals surface area contributed by atoms with Crippen molar-refractivity contribution in [3.8, 4) is 0 Å². The number of rotatable bonds is 6. The van der Waals surface area contributed by atoms with Crippen LogP contribution in [0.15, 0.2) is 22.7 Å². The van der Waals surface area contributed by atoms with E-state index in [9.17, 15) is 9.59 Å². The molecule has 0 saturated heterocycles. The summed E-state index contributed by atoms with van der Waals surface area (Å²) in [5, 5.41) is 9.21. The molecule has 0 aliphatic rings. The monoisotopic (exact) mass is 361 g/mol. The number of hydrogen-bond acceptors (Lipinski definition) is 2. The van der Waals surface area contributed by atoms with Gasteiger partial charge in [0.05, 0.1) is 5.02 Å². The molecule has 6 heteroatoms. The number of carboxylic acids is 1. The Hall–Kier alpha value is -1.07. The lowest BCUT2D eigenvalue weighted by Crippen LogP contribution is -2.37. The van der Waals surface area contributed by atoms with Crippen molar-refractivity contribution in [3.63, 3.8) is 0 Å². The van der Waals surface area contributed by atoms with Gasteiger partial charge in [0.25, 0.3) is 5.91 Å². The van der Waals surface area contributed by atoms with Crippen LogP contribution in [0.4, 0.5) is 0 Å². The summed E-state index contributed by atoms with van der Waals surface area (Å²) in [5.41, 5.74) is 0.533. The molecule has 0 heterocycles. The maximum Gasteiger partial charge on any atom is 0.303 e. The molecule has 4 nitrogen and oxygen atoms in total.